The van der Waals surface area contributed by atoms with Crippen molar-refractivity contribution in [2.45, 2.75) is 91.6 Å². The average molecular weight is 538 g/mol. The fourth-order valence-corrected chi connectivity index (χ4v) is 3.95. The summed E-state index contributed by atoms with van der Waals surface area (Å²) in [5.41, 5.74) is 3.09. The molecule has 2 heterocycles. The van der Waals surface area contributed by atoms with Crippen LogP contribution in [0.15, 0.2) is 59.1 Å². The minimum absolute atomic E-state index is 0.0590. The lowest BCUT2D eigenvalue weighted by Gasteiger charge is -2.24. The summed E-state index contributed by atoms with van der Waals surface area (Å²) in [6.07, 6.45) is 5.84. The third kappa shape index (κ3) is 11.6. The van der Waals surface area contributed by atoms with E-state index in [0.717, 1.165) is 37.7 Å². The van der Waals surface area contributed by atoms with Gasteiger partial charge in [-0.2, -0.15) is 4.98 Å². The second kappa shape index (κ2) is 16.7. The fraction of sp³-hybridized carbons (Fsp3) is 0.531. The molecule has 1 amide bonds. The Morgan fingerprint density at radius 2 is 1.69 bits per heavy atom. The van der Waals surface area contributed by atoms with Crippen molar-refractivity contribution >= 4 is 6.09 Å². The predicted octanol–water partition coefficient (Wildman–Crippen LogP) is 7.44. The molecule has 2 aromatic carbocycles. The van der Waals surface area contributed by atoms with Gasteiger partial charge in [-0.25, -0.2) is 4.79 Å². The molecule has 7 nitrogen and oxygen atoms in total. The van der Waals surface area contributed by atoms with E-state index in [0.29, 0.717) is 31.4 Å². The zero-order valence-corrected chi connectivity index (χ0v) is 24.7. The van der Waals surface area contributed by atoms with Crippen LogP contribution in [0.4, 0.5) is 4.79 Å². The van der Waals surface area contributed by atoms with E-state index in [4.69, 9.17) is 14.4 Å². The van der Waals surface area contributed by atoms with Crippen LogP contribution in [0.25, 0.3) is 11.4 Å². The summed E-state index contributed by atoms with van der Waals surface area (Å²) in [6, 6.07) is 18.5. The Morgan fingerprint density at radius 1 is 1.03 bits per heavy atom. The number of ether oxygens (including phenoxy) is 1. The number of carbonyl (C=O) groups is 1. The molecule has 4 rings (SSSR count). The van der Waals surface area contributed by atoms with Gasteiger partial charge in [-0.3, -0.25) is 0 Å². The Labute approximate surface area is 234 Å². The number of aromatic nitrogens is 2. The van der Waals surface area contributed by atoms with E-state index >= 15 is 0 Å². The van der Waals surface area contributed by atoms with E-state index in [-0.39, 0.29) is 12.0 Å². The number of hydrogen-bond acceptors (Lipinski definition) is 6. The predicted molar refractivity (Wildman–Crippen MR) is 157 cm³/mol. The van der Waals surface area contributed by atoms with Gasteiger partial charge in [0.2, 0.25) is 11.7 Å². The molecule has 1 atom stereocenters. The first kappa shape index (κ1) is 32.0. The number of likely N-dealkylation sites (tertiary alicyclic amines) is 1. The van der Waals surface area contributed by atoms with Crippen LogP contribution >= 0.6 is 0 Å². The lowest BCUT2D eigenvalue weighted by atomic mass is 10.1. The van der Waals surface area contributed by atoms with Crippen LogP contribution in [-0.4, -0.2) is 51.5 Å². The highest BCUT2D eigenvalue weighted by Gasteiger charge is 2.33. The van der Waals surface area contributed by atoms with Crippen molar-refractivity contribution < 1.29 is 19.2 Å². The van der Waals surface area contributed by atoms with Crippen molar-refractivity contribution in [3.8, 4) is 11.4 Å². The maximum atomic E-state index is 12.2. The van der Waals surface area contributed by atoms with Gasteiger partial charge in [0.25, 0.3) is 0 Å². The lowest BCUT2D eigenvalue weighted by Crippen LogP contribution is -2.35. The maximum absolute atomic E-state index is 12.2. The molecule has 39 heavy (non-hydrogen) atoms. The number of unbranched alkanes of at least 4 members (excludes halogenated alkanes) is 1. The zero-order valence-electron chi connectivity index (χ0n) is 24.7. The van der Waals surface area contributed by atoms with E-state index in [2.05, 4.69) is 55.2 Å². The van der Waals surface area contributed by atoms with Gasteiger partial charge in [-0.1, -0.05) is 86.9 Å². The van der Waals surface area contributed by atoms with Crippen LogP contribution in [0.3, 0.4) is 0 Å². The highest BCUT2D eigenvalue weighted by atomic mass is 16.6. The molecular formula is C32H47N3O4. The molecule has 1 unspecified atom stereocenters. The highest BCUT2D eigenvalue weighted by molar-refractivity contribution is 5.68. The standard InChI is InChI=1S/C19H25N3O3.C10H14O.C3H8/c1-5-13-6-8-14(9-7-13)16-20-17(25-21-16)15-10-11-22(12-15)18(23)24-19(2,3)4;11-9-5-4-8-10-6-2-1-3-7-10;1-3-2/h6-9,15H,5,10-12H2,1-4H3;1-3,6-7,11H,4-5,8-9H2;3H2,1-2H3. The Morgan fingerprint density at radius 3 is 2.28 bits per heavy atom. The molecule has 1 saturated heterocycles. The first-order valence-electron chi connectivity index (χ1n) is 14.3. The quantitative estimate of drug-likeness (QED) is 0.315. The third-order valence-electron chi connectivity index (χ3n) is 5.97. The van der Waals surface area contributed by atoms with Crippen molar-refractivity contribution in [2.75, 3.05) is 19.7 Å². The van der Waals surface area contributed by atoms with E-state index in [9.17, 15) is 4.79 Å². The van der Waals surface area contributed by atoms with Crippen LogP contribution in [0.2, 0.25) is 0 Å². The molecular weight excluding hydrogens is 490 g/mol. The number of nitrogens with zero attached hydrogens (tertiary/aromatic N) is 3. The topological polar surface area (TPSA) is 88.7 Å². The Bertz CT molecular complexity index is 1070. The van der Waals surface area contributed by atoms with Crippen LogP contribution in [0.1, 0.15) is 90.2 Å². The summed E-state index contributed by atoms with van der Waals surface area (Å²) >= 11 is 0. The van der Waals surface area contributed by atoms with Crippen molar-refractivity contribution in [1.82, 2.24) is 15.0 Å². The van der Waals surface area contributed by atoms with Gasteiger partial charge in [-0.15, -0.1) is 0 Å². The zero-order chi connectivity index (χ0) is 28.7. The summed E-state index contributed by atoms with van der Waals surface area (Å²) in [4.78, 5) is 18.4. The van der Waals surface area contributed by atoms with Crippen LogP contribution in [0.5, 0.6) is 0 Å². The Hall–Kier alpha value is -3.19. The number of hydrogen-bond donors (Lipinski definition) is 1. The van der Waals surface area contributed by atoms with Crippen molar-refractivity contribution in [1.29, 1.82) is 0 Å². The summed E-state index contributed by atoms with van der Waals surface area (Å²) in [6.45, 7) is 13.5. The first-order valence-corrected chi connectivity index (χ1v) is 14.3. The van der Waals surface area contributed by atoms with Crippen LogP contribution in [-0.2, 0) is 17.6 Å². The number of aliphatic hydroxyl groups is 1. The minimum atomic E-state index is -0.489. The van der Waals surface area contributed by atoms with E-state index < -0.39 is 5.60 Å². The number of rotatable bonds is 7. The van der Waals surface area contributed by atoms with Crippen LogP contribution in [0, 0.1) is 0 Å². The summed E-state index contributed by atoms with van der Waals surface area (Å²) in [7, 11) is 0. The molecule has 0 saturated carbocycles. The first-order chi connectivity index (χ1) is 18.7. The Balaban J connectivity index is 0.000000317. The van der Waals surface area contributed by atoms with Crippen molar-refractivity contribution in [2.24, 2.45) is 0 Å². The van der Waals surface area contributed by atoms with Gasteiger partial charge in [0, 0.05) is 25.3 Å². The molecule has 7 heteroatoms. The van der Waals surface area contributed by atoms with Gasteiger partial charge in [0.1, 0.15) is 5.60 Å². The van der Waals surface area contributed by atoms with E-state index in [1.165, 1.54) is 17.5 Å². The van der Waals surface area contributed by atoms with E-state index in [1.54, 1.807) is 4.90 Å². The number of aliphatic hydroxyl groups excluding tert-OH is 1. The van der Waals surface area contributed by atoms with Gasteiger partial charge >= 0.3 is 6.09 Å². The maximum Gasteiger partial charge on any atom is 0.410 e. The number of benzene rings is 2. The van der Waals surface area contributed by atoms with Crippen molar-refractivity contribution in [3.05, 3.63) is 71.6 Å². The highest BCUT2D eigenvalue weighted by Crippen LogP contribution is 2.29. The second-order valence-electron chi connectivity index (χ2n) is 10.8. The normalized spacial score (nSPS) is 14.6. The average Bonchev–Trinajstić information content (AvgIpc) is 3.60. The molecule has 0 radical (unpaired) electrons. The molecule has 1 fully saturated rings. The monoisotopic (exact) mass is 537 g/mol. The summed E-state index contributed by atoms with van der Waals surface area (Å²) in [5, 5.41) is 12.6. The second-order valence-corrected chi connectivity index (χ2v) is 10.8. The molecule has 0 aliphatic carbocycles. The third-order valence-corrected chi connectivity index (χ3v) is 5.97. The van der Waals surface area contributed by atoms with Gasteiger partial charge in [0.15, 0.2) is 0 Å². The van der Waals surface area contributed by atoms with Crippen LogP contribution < -0.4 is 0 Å². The molecule has 0 bridgehead atoms. The molecule has 3 aromatic rings. The SMILES string of the molecule is CCC.CCc1ccc(-c2noc(C3CCN(C(=O)OC(C)(C)C)C3)n2)cc1.OCCCCc1ccccc1. The molecule has 0 spiro atoms. The van der Waals surface area contributed by atoms with Crippen molar-refractivity contribution in [3.63, 3.8) is 0 Å². The minimum Gasteiger partial charge on any atom is -0.444 e. The largest absolute Gasteiger partial charge is 0.444 e. The van der Waals surface area contributed by atoms with Gasteiger partial charge in [0.05, 0.1) is 5.92 Å². The van der Waals surface area contributed by atoms with Gasteiger partial charge in [-0.05, 0) is 64.0 Å². The fourth-order valence-electron chi connectivity index (χ4n) is 3.95. The number of carbonyl (C=O) groups excluding carboxylic acids is 1. The number of aryl methyl sites for hydroxylation is 2. The molecule has 214 valence electrons. The Kier molecular flexibility index (Phi) is 13.7. The molecule has 1 aliphatic heterocycles. The molecule has 1 aromatic heterocycles. The summed E-state index contributed by atoms with van der Waals surface area (Å²) in [5.74, 6) is 1.23. The van der Waals surface area contributed by atoms with E-state index in [1.807, 2.05) is 51.1 Å². The molecule has 1 N–H and O–H groups in total. The smallest absolute Gasteiger partial charge is 0.410 e. The lowest BCUT2D eigenvalue weighted by molar-refractivity contribution is 0.0291. The van der Waals surface area contributed by atoms with Gasteiger partial charge < -0.3 is 19.3 Å². The molecule has 1 aliphatic rings. The number of amides is 1. The summed E-state index contributed by atoms with van der Waals surface area (Å²) < 4.78 is 10.9.